The molecule has 0 spiro atoms. The highest BCUT2D eigenvalue weighted by Crippen LogP contribution is 2.96. The van der Waals surface area contributed by atoms with Crippen LogP contribution in [0.3, 0.4) is 0 Å². The lowest BCUT2D eigenvalue weighted by molar-refractivity contribution is -0.365. The zero-order valence-electron chi connectivity index (χ0n) is 22.5. The van der Waals surface area contributed by atoms with Crippen molar-refractivity contribution in [1.29, 1.82) is 0 Å². The van der Waals surface area contributed by atoms with Crippen LogP contribution in [-0.2, 0) is 0 Å². The summed E-state index contributed by atoms with van der Waals surface area (Å²) in [6, 6.07) is 8.81. The van der Waals surface area contributed by atoms with E-state index in [0.29, 0.717) is 34.5 Å². The maximum Gasteiger partial charge on any atom is 0.122 e. The van der Waals surface area contributed by atoms with E-state index in [9.17, 15) is 0 Å². The zero-order chi connectivity index (χ0) is 25.3. The predicted molar refractivity (Wildman–Crippen MR) is 144 cm³/mol. The number of nitrogens with zero attached hydrogens (tertiary/aromatic N) is 2. The Morgan fingerprint density at radius 3 is 1.58 bits per heavy atom. The van der Waals surface area contributed by atoms with Crippen LogP contribution in [-0.4, -0.2) is 24.2 Å². The number of hydrogen-bond donors (Lipinski definition) is 0. The SMILES string of the molecule is COc1ccc(OC)c2c1[C@H]1C[C@@H]2C2C1[C@]1(C)C3C([C@@H]4C[C@H]3[C@H]3c5cnccc5-c5ccncc5[C@H]34)[C@]21C. The van der Waals surface area contributed by atoms with Crippen LogP contribution in [0.4, 0.5) is 0 Å². The standard InChI is InChI=1S/C34H34N2O2/c1-33-29-17-11-18(26-22-14-36-10-8-16(22)15-7-9-35-13-21(15)25(17)26)30(29)34(33,2)32-20-12-19(31(32)33)27-23(37-3)5-6-24(38-4)28(20)27/h5-10,13-14,17-20,25-26,29-32H,11-12H2,1-4H3/t17-,18+,19+,20-,25-,26+,29?,30?,31?,32?,33-,34+. The fourth-order valence-corrected chi connectivity index (χ4v) is 13.4. The van der Waals surface area contributed by atoms with Gasteiger partial charge in [-0.15, -0.1) is 0 Å². The van der Waals surface area contributed by atoms with E-state index < -0.39 is 0 Å². The molecule has 2 heterocycles. The Balaban J connectivity index is 1.13. The molecule has 0 aliphatic heterocycles. The summed E-state index contributed by atoms with van der Waals surface area (Å²) in [4.78, 5) is 9.32. The number of rotatable bonds is 2. The molecule has 1 aromatic carbocycles. The van der Waals surface area contributed by atoms with E-state index in [2.05, 4.69) is 60.5 Å². The van der Waals surface area contributed by atoms with Gasteiger partial charge in [0.05, 0.1) is 14.2 Å². The fraction of sp³-hybridized carbons (Fsp3) is 0.529. The fourth-order valence-electron chi connectivity index (χ4n) is 13.4. The average molecular weight is 503 g/mol. The highest BCUT2D eigenvalue weighted by Gasteiger charge is 2.90. The molecule has 5 fully saturated rings. The van der Waals surface area contributed by atoms with Crippen molar-refractivity contribution < 1.29 is 9.47 Å². The molecule has 0 N–H and O–H groups in total. The lowest BCUT2D eigenvalue weighted by Crippen LogP contribution is -2.80. The van der Waals surface area contributed by atoms with Crippen molar-refractivity contribution in [3.8, 4) is 22.6 Å². The van der Waals surface area contributed by atoms with Crippen molar-refractivity contribution in [2.75, 3.05) is 14.2 Å². The van der Waals surface area contributed by atoms with Gasteiger partial charge < -0.3 is 9.47 Å². The van der Waals surface area contributed by atoms with Gasteiger partial charge in [0.1, 0.15) is 11.5 Å². The number of aromatic nitrogens is 2. The van der Waals surface area contributed by atoms with Crippen LogP contribution in [0.15, 0.2) is 49.1 Å². The van der Waals surface area contributed by atoms with Crippen molar-refractivity contribution in [3.63, 3.8) is 0 Å². The summed E-state index contributed by atoms with van der Waals surface area (Å²) in [5.74, 6) is 9.32. The molecule has 4 unspecified atom stereocenters. The monoisotopic (exact) mass is 502 g/mol. The van der Waals surface area contributed by atoms with Crippen LogP contribution in [0.5, 0.6) is 11.5 Å². The van der Waals surface area contributed by atoms with Gasteiger partial charge in [0.15, 0.2) is 0 Å². The Kier molecular flexibility index (Phi) is 3.48. The first kappa shape index (κ1) is 21.0. The molecule has 38 heavy (non-hydrogen) atoms. The summed E-state index contributed by atoms with van der Waals surface area (Å²) in [6.07, 6.45) is 11.0. The summed E-state index contributed by atoms with van der Waals surface area (Å²) in [7, 11) is 3.68. The van der Waals surface area contributed by atoms with Crippen molar-refractivity contribution in [2.24, 2.45) is 46.3 Å². The minimum Gasteiger partial charge on any atom is -0.496 e. The third kappa shape index (κ3) is 1.82. The van der Waals surface area contributed by atoms with E-state index in [4.69, 9.17) is 9.47 Å². The summed E-state index contributed by atoms with van der Waals surface area (Å²) in [5, 5.41) is 0. The molecular weight excluding hydrogens is 468 g/mol. The highest BCUT2D eigenvalue weighted by molar-refractivity contribution is 5.75. The molecule has 4 nitrogen and oxygen atoms in total. The third-order valence-electron chi connectivity index (χ3n) is 14.0. The van der Waals surface area contributed by atoms with Gasteiger partial charge in [-0.05, 0) is 129 Å². The largest absolute Gasteiger partial charge is 0.496 e. The van der Waals surface area contributed by atoms with E-state index in [1.165, 1.54) is 46.2 Å². The number of pyridine rings is 2. The quantitative estimate of drug-likeness (QED) is 0.286. The van der Waals surface area contributed by atoms with Crippen LogP contribution in [0.2, 0.25) is 0 Å². The van der Waals surface area contributed by atoms with Gasteiger partial charge in [0.25, 0.3) is 0 Å². The molecule has 0 radical (unpaired) electrons. The number of methoxy groups -OCH3 is 2. The van der Waals surface area contributed by atoms with Gasteiger partial charge in [-0.1, -0.05) is 13.8 Å². The van der Waals surface area contributed by atoms with Gasteiger partial charge in [-0.25, -0.2) is 0 Å². The normalized spacial score (nSPS) is 46.4. The molecule has 10 rings (SSSR count). The van der Waals surface area contributed by atoms with E-state index >= 15 is 0 Å². The molecular formula is C34H34N2O2. The number of hydrogen-bond acceptors (Lipinski definition) is 4. The van der Waals surface area contributed by atoms with Gasteiger partial charge in [0.2, 0.25) is 0 Å². The van der Waals surface area contributed by atoms with Gasteiger partial charge >= 0.3 is 0 Å². The topological polar surface area (TPSA) is 44.2 Å². The molecule has 5 saturated carbocycles. The Morgan fingerprint density at radius 2 is 1.13 bits per heavy atom. The molecule has 3 aromatic rings. The van der Waals surface area contributed by atoms with E-state index in [-0.39, 0.29) is 0 Å². The van der Waals surface area contributed by atoms with Crippen LogP contribution >= 0.6 is 0 Å². The van der Waals surface area contributed by atoms with E-state index in [0.717, 1.165) is 47.0 Å². The Hall–Kier alpha value is -2.88. The Bertz CT molecular complexity index is 1470. The van der Waals surface area contributed by atoms with Crippen LogP contribution < -0.4 is 9.47 Å². The van der Waals surface area contributed by atoms with Crippen molar-refractivity contribution in [1.82, 2.24) is 9.97 Å². The average Bonchev–Trinajstić information content (AvgIpc) is 3.72. The lowest BCUT2D eigenvalue weighted by atomic mass is 9.19. The highest BCUT2D eigenvalue weighted by atomic mass is 16.5. The maximum atomic E-state index is 5.97. The van der Waals surface area contributed by atoms with Gasteiger partial charge in [0, 0.05) is 35.9 Å². The third-order valence-corrected chi connectivity index (χ3v) is 14.0. The molecule has 0 saturated heterocycles. The van der Waals surface area contributed by atoms with Crippen molar-refractivity contribution in [3.05, 3.63) is 71.3 Å². The zero-order valence-corrected chi connectivity index (χ0v) is 22.5. The minimum absolute atomic E-state index is 0.412. The molecule has 4 bridgehead atoms. The molecule has 192 valence electrons. The van der Waals surface area contributed by atoms with Gasteiger partial charge in [-0.2, -0.15) is 0 Å². The molecule has 4 heteroatoms. The second kappa shape index (κ2) is 6.29. The van der Waals surface area contributed by atoms with Crippen LogP contribution in [0.1, 0.15) is 72.6 Å². The van der Waals surface area contributed by atoms with Crippen LogP contribution in [0.25, 0.3) is 11.1 Å². The Labute approximate surface area is 224 Å². The van der Waals surface area contributed by atoms with E-state index in [1.807, 2.05) is 26.6 Å². The predicted octanol–water partition coefficient (Wildman–Crippen LogP) is 6.78. The summed E-state index contributed by atoms with van der Waals surface area (Å²) in [5.41, 5.74) is 9.64. The molecule has 12 atom stereocenters. The lowest BCUT2D eigenvalue weighted by Gasteiger charge is -2.85. The maximum absolute atomic E-state index is 5.97. The van der Waals surface area contributed by atoms with Crippen molar-refractivity contribution >= 4 is 0 Å². The van der Waals surface area contributed by atoms with Gasteiger partial charge in [-0.3, -0.25) is 9.97 Å². The number of ether oxygens (including phenoxy) is 2. The second-order valence-electron chi connectivity index (χ2n) is 14.0. The smallest absolute Gasteiger partial charge is 0.122 e. The summed E-state index contributed by atoms with van der Waals surface area (Å²) < 4.78 is 11.9. The Morgan fingerprint density at radius 1 is 0.658 bits per heavy atom. The second-order valence-corrected chi connectivity index (χ2v) is 14.0. The number of fused-ring (bicyclic) bond motifs is 26. The molecule has 2 aromatic heterocycles. The molecule has 7 aliphatic carbocycles. The van der Waals surface area contributed by atoms with Crippen LogP contribution in [0, 0.1) is 46.3 Å². The minimum atomic E-state index is 0.412. The molecule has 0 amide bonds. The molecule has 7 aliphatic rings. The first-order chi connectivity index (χ1) is 18.6. The first-order valence-corrected chi connectivity index (χ1v) is 14.7. The summed E-state index contributed by atoms with van der Waals surface area (Å²) >= 11 is 0. The summed E-state index contributed by atoms with van der Waals surface area (Å²) in [6.45, 7) is 5.42. The van der Waals surface area contributed by atoms with Crippen molar-refractivity contribution in [2.45, 2.75) is 50.4 Å². The first-order valence-electron chi connectivity index (χ1n) is 14.7. The van der Waals surface area contributed by atoms with E-state index in [1.54, 1.807) is 0 Å². The number of benzene rings is 1.